The first-order valence-electron chi connectivity index (χ1n) is 12.6. The van der Waals surface area contributed by atoms with Crippen LogP contribution in [-0.4, -0.2) is 40.0 Å². The molecule has 2 amide bonds. The van der Waals surface area contributed by atoms with Crippen LogP contribution in [0.25, 0.3) is 11.5 Å². The molecule has 0 saturated heterocycles. The summed E-state index contributed by atoms with van der Waals surface area (Å²) >= 11 is 0. The SMILES string of the molecule is CCOc1ccc(CCN2C(=O)c3ccc(-c4ccco4)n3C[C@]2(C)C(=O)NCc2ccccc2)cc1. The van der Waals surface area contributed by atoms with E-state index in [0.717, 1.165) is 22.6 Å². The lowest BCUT2D eigenvalue weighted by atomic mass is 9.93. The lowest BCUT2D eigenvalue weighted by Gasteiger charge is -2.44. The van der Waals surface area contributed by atoms with Crippen LogP contribution in [0.5, 0.6) is 5.75 Å². The number of hydrogen-bond acceptors (Lipinski definition) is 4. The van der Waals surface area contributed by atoms with Gasteiger partial charge in [-0.15, -0.1) is 0 Å². The Kier molecular flexibility index (Phi) is 6.86. The Morgan fingerprint density at radius 3 is 2.43 bits per heavy atom. The number of furan rings is 1. The second-order valence-electron chi connectivity index (χ2n) is 9.39. The summed E-state index contributed by atoms with van der Waals surface area (Å²) < 4.78 is 13.1. The predicted octanol–water partition coefficient (Wildman–Crippen LogP) is 4.92. The monoisotopic (exact) mass is 497 g/mol. The molecule has 0 radical (unpaired) electrons. The molecule has 1 aliphatic rings. The van der Waals surface area contributed by atoms with Crippen molar-refractivity contribution in [1.82, 2.24) is 14.8 Å². The van der Waals surface area contributed by atoms with Crippen LogP contribution in [0.15, 0.2) is 89.5 Å². The van der Waals surface area contributed by atoms with Crippen molar-refractivity contribution in [1.29, 1.82) is 0 Å². The van der Waals surface area contributed by atoms with Gasteiger partial charge in [-0.25, -0.2) is 0 Å². The Morgan fingerprint density at radius 1 is 0.973 bits per heavy atom. The predicted molar refractivity (Wildman–Crippen MR) is 141 cm³/mol. The van der Waals surface area contributed by atoms with E-state index in [2.05, 4.69) is 5.32 Å². The molecule has 0 saturated carbocycles. The van der Waals surface area contributed by atoms with Crippen LogP contribution >= 0.6 is 0 Å². The summed E-state index contributed by atoms with van der Waals surface area (Å²) in [6, 6.07) is 25.0. The van der Waals surface area contributed by atoms with Crippen molar-refractivity contribution in [3.05, 3.63) is 102 Å². The van der Waals surface area contributed by atoms with Crippen LogP contribution in [0.1, 0.15) is 35.5 Å². The minimum absolute atomic E-state index is 0.174. The molecule has 0 fully saturated rings. The van der Waals surface area contributed by atoms with Gasteiger partial charge in [0.05, 0.1) is 25.1 Å². The number of nitrogens with zero attached hydrogens (tertiary/aromatic N) is 2. The Balaban J connectivity index is 1.43. The number of ether oxygens (including phenoxy) is 1. The van der Waals surface area contributed by atoms with Crippen molar-refractivity contribution in [3.63, 3.8) is 0 Å². The highest BCUT2D eigenvalue weighted by atomic mass is 16.5. The number of carbonyl (C=O) groups is 2. The zero-order valence-corrected chi connectivity index (χ0v) is 21.1. The third-order valence-electron chi connectivity index (χ3n) is 6.92. The van der Waals surface area contributed by atoms with Crippen LogP contribution < -0.4 is 10.1 Å². The van der Waals surface area contributed by atoms with Gasteiger partial charge in [-0.1, -0.05) is 42.5 Å². The number of benzene rings is 2. The molecule has 2 aromatic heterocycles. The van der Waals surface area contributed by atoms with Crippen LogP contribution in [0, 0.1) is 0 Å². The summed E-state index contributed by atoms with van der Waals surface area (Å²) in [6.07, 6.45) is 2.22. The normalized spacial score (nSPS) is 16.9. The van der Waals surface area contributed by atoms with E-state index in [1.807, 2.05) is 97.3 Å². The smallest absolute Gasteiger partial charge is 0.271 e. The fourth-order valence-corrected chi connectivity index (χ4v) is 4.89. The third kappa shape index (κ3) is 4.89. The molecule has 37 heavy (non-hydrogen) atoms. The van der Waals surface area contributed by atoms with Crippen molar-refractivity contribution in [2.45, 2.75) is 38.9 Å². The van der Waals surface area contributed by atoms with Crippen molar-refractivity contribution < 1.29 is 18.7 Å². The van der Waals surface area contributed by atoms with E-state index >= 15 is 0 Å². The molecule has 190 valence electrons. The van der Waals surface area contributed by atoms with Gasteiger partial charge >= 0.3 is 0 Å². The van der Waals surface area contributed by atoms with Gasteiger partial charge in [0.25, 0.3) is 5.91 Å². The molecule has 0 aliphatic carbocycles. The van der Waals surface area contributed by atoms with E-state index in [1.54, 1.807) is 11.2 Å². The molecule has 1 aliphatic heterocycles. The Hall–Kier alpha value is -4.26. The minimum Gasteiger partial charge on any atom is -0.494 e. The van der Waals surface area contributed by atoms with Gasteiger partial charge < -0.3 is 23.9 Å². The fourth-order valence-electron chi connectivity index (χ4n) is 4.89. The zero-order valence-electron chi connectivity index (χ0n) is 21.1. The molecule has 0 unspecified atom stereocenters. The van der Waals surface area contributed by atoms with Gasteiger partial charge in [0, 0.05) is 13.1 Å². The highest BCUT2D eigenvalue weighted by Gasteiger charge is 2.47. The second kappa shape index (κ2) is 10.4. The Bertz CT molecular complexity index is 1360. The maximum atomic E-state index is 13.8. The van der Waals surface area contributed by atoms with Crippen LogP contribution in [-0.2, 0) is 24.3 Å². The summed E-state index contributed by atoms with van der Waals surface area (Å²) in [5.74, 6) is 1.11. The summed E-state index contributed by atoms with van der Waals surface area (Å²) in [7, 11) is 0. The van der Waals surface area contributed by atoms with Crippen molar-refractivity contribution in [2.24, 2.45) is 0 Å². The molecule has 5 rings (SSSR count). The number of amides is 2. The first kappa shape index (κ1) is 24.4. The molecule has 3 heterocycles. The molecule has 0 bridgehead atoms. The van der Waals surface area contributed by atoms with E-state index in [4.69, 9.17) is 9.15 Å². The lowest BCUT2D eigenvalue weighted by molar-refractivity contribution is -0.133. The summed E-state index contributed by atoms with van der Waals surface area (Å²) in [4.78, 5) is 29.3. The third-order valence-corrected chi connectivity index (χ3v) is 6.92. The highest BCUT2D eigenvalue weighted by molar-refractivity contribution is 6.00. The molecule has 2 aromatic carbocycles. The summed E-state index contributed by atoms with van der Waals surface area (Å²) in [5.41, 5.74) is 2.30. The number of fused-ring (bicyclic) bond motifs is 1. The number of carbonyl (C=O) groups excluding carboxylic acids is 2. The van der Waals surface area contributed by atoms with Gasteiger partial charge in [-0.3, -0.25) is 9.59 Å². The molecular weight excluding hydrogens is 466 g/mol. The number of aromatic nitrogens is 1. The van der Waals surface area contributed by atoms with Crippen LogP contribution in [0.4, 0.5) is 0 Å². The van der Waals surface area contributed by atoms with E-state index < -0.39 is 5.54 Å². The van der Waals surface area contributed by atoms with Gasteiger partial charge in [0.15, 0.2) is 0 Å². The van der Waals surface area contributed by atoms with Gasteiger partial charge in [0.2, 0.25) is 5.91 Å². The van der Waals surface area contributed by atoms with Crippen LogP contribution in [0.3, 0.4) is 0 Å². The first-order valence-corrected chi connectivity index (χ1v) is 12.6. The maximum absolute atomic E-state index is 13.8. The number of rotatable bonds is 9. The number of nitrogens with one attached hydrogen (secondary N) is 1. The minimum atomic E-state index is -1.09. The van der Waals surface area contributed by atoms with Crippen LogP contribution in [0.2, 0.25) is 0 Å². The van der Waals surface area contributed by atoms with Gasteiger partial charge in [0.1, 0.15) is 22.7 Å². The van der Waals surface area contributed by atoms with E-state index in [0.29, 0.717) is 44.1 Å². The first-order chi connectivity index (χ1) is 18.0. The van der Waals surface area contributed by atoms with E-state index in [9.17, 15) is 9.59 Å². The lowest BCUT2D eigenvalue weighted by Crippen LogP contribution is -2.64. The molecule has 1 atom stereocenters. The molecule has 7 heteroatoms. The second-order valence-corrected chi connectivity index (χ2v) is 9.39. The fraction of sp³-hybridized carbons (Fsp3) is 0.267. The maximum Gasteiger partial charge on any atom is 0.271 e. The van der Waals surface area contributed by atoms with Crippen molar-refractivity contribution >= 4 is 11.8 Å². The van der Waals surface area contributed by atoms with Crippen molar-refractivity contribution in [2.75, 3.05) is 13.2 Å². The standard InChI is InChI=1S/C30H31N3O4/c1-3-36-24-13-11-22(12-14-24)17-18-33-28(34)26-16-15-25(27-10-7-19-37-27)32(26)21-30(33,2)29(35)31-20-23-8-5-4-6-9-23/h4-16,19H,3,17-18,20-21H2,1-2H3,(H,31,35)/t30-/m1/s1. The molecule has 4 aromatic rings. The average Bonchev–Trinajstić information content (AvgIpc) is 3.59. The molecule has 0 spiro atoms. The summed E-state index contributed by atoms with van der Waals surface area (Å²) in [5, 5.41) is 3.07. The van der Waals surface area contributed by atoms with E-state index in [1.165, 1.54) is 0 Å². The highest BCUT2D eigenvalue weighted by Crippen LogP contribution is 2.33. The van der Waals surface area contributed by atoms with Crippen molar-refractivity contribution in [3.8, 4) is 17.2 Å². The Labute approximate surface area is 216 Å². The molecule has 1 N–H and O–H groups in total. The molecular formula is C30H31N3O4. The average molecular weight is 498 g/mol. The summed E-state index contributed by atoms with van der Waals surface area (Å²) in [6.45, 7) is 5.52. The zero-order chi connectivity index (χ0) is 25.8. The quantitative estimate of drug-likeness (QED) is 0.356. The molecule has 7 nitrogen and oxygen atoms in total. The number of hydrogen-bond donors (Lipinski definition) is 1. The Morgan fingerprint density at radius 2 is 1.73 bits per heavy atom. The topological polar surface area (TPSA) is 76.7 Å². The van der Waals surface area contributed by atoms with Gasteiger partial charge in [-0.05, 0) is 67.8 Å². The van der Waals surface area contributed by atoms with Gasteiger partial charge in [-0.2, -0.15) is 0 Å². The largest absolute Gasteiger partial charge is 0.494 e. The van der Waals surface area contributed by atoms with E-state index in [-0.39, 0.29) is 11.8 Å².